The second kappa shape index (κ2) is 4.60. The third kappa shape index (κ3) is 2.10. The van der Waals surface area contributed by atoms with Gasteiger partial charge in [0.25, 0.3) is 0 Å². The fraction of sp³-hybridized carbons (Fsp3) is 1.00. The largest absolute Gasteiger partial charge is 0.376 e. The molecule has 0 spiro atoms. The number of rotatable bonds is 2. The summed E-state index contributed by atoms with van der Waals surface area (Å²) in [5.74, 6) is 0. The zero-order valence-electron chi connectivity index (χ0n) is 9.33. The fourth-order valence-electron chi connectivity index (χ4n) is 2.86. The Morgan fingerprint density at radius 1 is 1.36 bits per heavy atom. The van der Waals surface area contributed by atoms with Crippen molar-refractivity contribution in [3.63, 3.8) is 0 Å². The number of ether oxygens (including phenoxy) is 1. The van der Waals surface area contributed by atoms with Crippen molar-refractivity contribution in [2.24, 2.45) is 0 Å². The summed E-state index contributed by atoms with van der Waals surface area (Å²) in [6.45, 7) is 5.32. The first-order valence-electron chi connectivity index (χ1n) is 5.84. The molecule has 0 bridgehead atoms. The van der Waals surface area contributed by atoms with Gasteiger partial charge in [-0.2, -0.15) is 0 Å². The van der Waals surface area contributed by atoms with E-state index in [2.05, 4.69) is 24.2 Å². The van der Waals surface area contributed by atoms with Gasteiger partial charge in [-0.25, -0.2) is 0 Å². The van der Waals surface area contributed by atoms with E-state index in [4.69, 9.17) is 4.74 Å². The topological polar surface area (TPSA) is 24.5 Å². The van der Waals surface area contributed by atoms with Crippen LogP contribution < -0.4 is 5.32 Å². The Kier molecular flexibility index (Phi) is 3.42. The van der Waals surface area contributed by atoms with Crippen LogP contribution in [0, 0.1) is 0 Å². The Morgan fingerprint density at radius 2 is 2.21 bits per heavy atom. The van der Waals surface area contributed by atoms with Crippen LogP contribution in [0.15, 0.2) is 0 Å². The highest BCUT2D eigenvalue weighted by atomic mass is 16.5. The molecule has 0 aromatic heterocycles. The van der Waals surface area contributed by atoms with Gasteiger partial charge in [0.15, 0.2) is 0 Å². The van der Waals surface area contributed by atoms with E-state index in [-0.39, 0.29) is 0 Å². The second-order valence-corrected chi connectivity index (χ2v) is 4.57. The van der Waals surface area contributed by atoms with Gasteiger partial charge in [-0.3, -0.25) is 4.90 Å². The maximum Gasteiger partial charge on any atom is 0.0674 e. The van der Waals surface area contributed by atoms with Crippen molar-refractivity contribution in [2.45, 2.75) is 44.4 Å². The second-order valence-electron chi connectivity index (χ2n) is 4.57. The molecule has 3 atom stereocenters. The van der Waals surface area contributed by atoms with Crippen LogP contribution in [0.2, 0.25) is 0 Å². The molecule has 3 heteroatoms. The van der Waals surface area contributed by atoms with Crippen LogP contribution in [-0.2, 0) is 4.74 Å². The van der Waals surface area contributed by atoms with E-state index in [1.165, 1.54) is 19.3 Å². The van der Waals surface area contributed by atoms with Crippen LogP contribution in [0.3, 0.4) is 0 Å². The number of morpholine rings is 1. The quantitative estimate of drug-likeness (QED) is 0.712. The van der Waals surface area contributed by atoms with Gasteiger partial charge in [0.1, 0.15) is 0 Å². The molecule has 0 amide bonds. The molecule has 1 saturated carbocycles. The van der Waals surface area contributed by atoms with Crippen LogP contribution in [0.4, 0.5) is 0 Å². The lowest BCUT2D eigenvalue weighted by molar-refractivity contribution is -0.0363. The molecular weight excluding hydrogens is 176 g/mol. The van der Waals surface area contributed by atoms with E-state index in [0.29, 0.717) is 12.1 Å². The van der Waals surface area contributed by atoms with Crippen molar-refractivity contribution < 1.29 is 4.74 Å². The number of likely N-dealkylation sites (N-methyl/N-ethyl adjacent to an activating group) is 1. The maximum absolute atomic E-state index is 5.57. The van der Waals surface area contributed by atoms with Crippen molar-refractivity contribution in [3.05, 3.63) is 0 Å². The molecule has 3 nitrogen and oxygen atoms in total. The number of nitrogens with zero attached hydrogens (tertiary/aromatic N) is 1. The fourth-order valence-corrected chi connectivity index (χ4v) is 2.86. The number of hydrogen-bond acceptors (Lipinski definition) is 3. The van der Waals surface area contributed by atoms with E-state index in [0.717, 1.165) is 25.7 Å². The smallest absolute Gasteiger partial charge is 0.0674 e. The lowest BCUT2D eigenvalue weighted by Crippen LogP contribution is -2.52. The minimum Gasteiger partial charge on any atom is -0.376 e. The molecule has 1 aliphatic heterocycles. The van der Waals surface area contributed by atoms with Crippen molar-refractivity contribution in [1.29, 1.82) is 0 Å². The van der Waals surface area contributed by atoms with Gasteiger partial charge in [0.2, 0.25) is 0 Å². The first kappa shape index (κ1) is 10.4. The SMILES string of the molecule is CNC1CCCC1N1CCOC(C)C1. The van der Waals surface area contributed by atoms with E-state index < -0.39 is 0 Å². The average Bonchev–Trinajstić information content (AvgIpc) is 2.65. The molecule has 82 valence electrons. The molecule has 14 heavy (non-hydrogen) atoms. The monoisotopic (exact) mass is 198 g/mol. The summed E-state index contributed by atoms with van der Waals surface area (Å²) >= 11 is 0. The zero-order valence-corrected chi connectivity index (χ0v) is 9.33. The molecule has 0 aromatic carbocycles. The normalized spacial score (nSPS) is 40.3. The van der Waals surface area contributed by atoms with Crippen LogP contribution in [0.5, 0.6) is 0 Å². The van der Waals surface area contributed by atoms with Crippen molar-refractivity contribution in [3.8, 4) is 0 Å². The van der Waals surface area contributed by atoms with Crippen LogP contribution in [0.25, 0.3) is 0 Å². The Labute approximate surface area is 86.8 Å². The molecule has 1 N–H and O–H groups in total. The molecular formula is C11H22N2O. The van der Waals surface area contributed by atoms with Gasteiger partial charge in [-0.1, -0.05) is 6.42 Å². The molecule has 3 unspecified atom stereocenters. The highest BCUT2D eigenvalue weighted by Gasteiger charge is 2.32. The van der Waals surface area contributed by atoms with Crippen molar-refractivity contribution >= 4 is 0 Å². The summed E-state index contributed by atoms with van der Waals surface area (Å²) in [6.07, 6.45) is 4.49. The van der Waals surface area contributed by atoms with Crippen molar-refractivity contribution in [2.75, 3.05) is 26.7 Å². The maximum atomic E-state index is 5.57. The summed E-state index contributed by atoms with van der Waals surface area (Å²) < 4.78 is 5.57. The van der Waals surface area contributed by atoms with Gasteiger partial charge in [-0.15, -0.1) is 0 Å². The molecule has 2 aliphatic rings. The Hall–Kier alpha value is -0.120. The van der Waals surface area contributed by atoms with E-state index in [1.807, 2.05) is 0 Å². The third-order valence-corrected chi connectivity index (χ3v) is 3.59. The molecule has 1 heterocycles. The number of hydrogen-bond donors (Lipinski definition) is 1. The minimum atomic E-state index is 0.418. The molecule has 2 rings (SSSR count). The van der Waals surface area contributed by atoms with Gasteiger partial charge < -0.3 is 10.1 Å². The Morgan fingerprint density at radius 3 is 2.93 bits per heavy atom. The van der Waals surface area contributed by atoms with Crippen LogP contribution in [0.1, 0.15) is 26.2 Å². The first-order valence-corrected chi connectivity index (χ1v) is 5.84. The molecule has 0 radical (unpaired) electrons. The Balaban J connectivity index is 1.92. The lowest BCUT2D eigenvalue weighted by Gasteiger charge is -2.38. The summed E-state index contributed by atoms with van der Waals surface area (Å²) in [5, 5.41) is 3.44. The third-order valence-electron chi connectivity index (χ3n) is 3.59. The van der Waals surface area contributed by atoms with Gasteiger partial charge >= 0.3 is 0 Å². The highest BCUT2D eigenvalue weighted by Crippen LogP contribution is 2.25. The van der Waals surface area contributed by atoms with Crippen molar-refractivity contribution in [1.82, 2.24) is 10.2 Å². The zero-order chi connectivity index (χ0) is 9.97. The van der Waals surface area contributed by atoms with E-state index >= 15 is 0 Å². The summed E-state index contributed by atoms with van der Waals surface area (Å²) in [5.41, 5.74) is 0. The van der Waals surface area contributed by atoms with Gasteiger partial charge in [0, 0.05) is 25.2 Å². The predicted molar refractivity (Wildman–Crippen MR) is 57.5 cm³/mol. The molecule has 1 aliphatic carbocycles. The summed E-state index contributed by atoms with van der Waals surface area (Å²) in [4.78, 5) is 2.61. The molecule has 0 aromatic rings. The molecule has 2 fully saturated rings. The van der Waals surface area contributed by atoms with Crippen LogP contribution in [-0.4, -0.2) is 49.8 Å². The summed E-state index contributed by atoms with van der Waals surface area (Å²) in [6, 6.07) is 1.46. The highest BCUT2D eigenvalue weighted by molar-refractivity contribution is 4.91. The Bertz CT molecular complexity index is 186. The lowest BCUT2D eigenvalue weighted by atomic mass is 10.1. The van der Waals surface area contributed by atoms with Gasteiger partial charge in [-0.05, 0) is 26.8 Å². The summed E-state index contributed by atoms with van der Waals surface area (Å²) in [7, 11) is 2.09. The average molecular weight is 198 g/mol. The first-order chi connectivity index (χ1) is 6.81. The number of nitrogens with one attached hydrogen (secondary N) is 1. The van der Waals surface area contributed by atoms with E-state index in [1.54, 1.807) is 0 Å². The standard InChI is InChI=1S/C11H22N2O/c1-9-8-13(6-7-14-9)11-5-3-4-10(11)12-2/h9-12H,3-8H2,1-2H3. The molecule has 1 saturated heterocycles. The predicted octanol–water partition coefficient (Wildman–Crippen LogP) is 0.848. The van der Waals surface area contributed by atoms with Crippen LogP contribution >= 0.6 is 0 Å². The van der Waals surface area contributed by atoms with Gasteiger partial charge in [0.05, 0.1) is 12.7 Å². The minimum absolute atomic E-state index is 0.418. The van der Waals surface area contributed by atoms with E-state index in [9.17, 15) is 0 Å².